The van der Waals surface area contributed by atoms with Crippen LogP contribution in [0, 0.1) is 5.41 Å². The number of H-pyrrole nitrogens is 1. The number of Topliss-reactive ketones (excluding diaryl/α,β-unsaturated/α-hetero) is 1. The number of thioether (sulfide) groups is 1. The minimum atomic E-state index is -0.439. The number of fused-ring (bicyclic) bond motifs is 1. The molecule has 1 aliphatic carbocycles. The summed E-state index contributed by atoms with van der Waals surface area (Å²) in [6.07, 6.45) is 6.48. The Hall–Kier alpha value is -2.41. The fourth-order valence-corrected chi connectivity index (χ4v) is 4.25. The Morgan fingerprint density at radius 2 is 2.08 bits per heavy atom. The van der Waals surface area contributed by atoms with E-state index in [4.69, 9.17) is 0 Å². The van der Waals surface area contributed by atoms with Crippen LogP contribution >= 0.6 is 11.8 Å². The van der Waals surface area contributed by atoms with Gasteiger partial charge in [-0.15, -0.1) is 0 Å². The van der Waals surface area contributed by atoms with Crippen LogP contribution in [0.2, 0.25) is 0 Å². The molecule has 0 saturated heterocycles. The summed E-state index contributed by atoms with van der Waals surface area (Å²) in [7, 11) is 0. The molecule has 0 bridgehead atoms. The van der Waals surface area contributed by atoms with E-state index in [-0.39, 0.29) is 16.8 Å². The molecule has 0 aromatic carbocycles. The number of pyridine rings is 1. The molecule has 1 aliphatic heterocycles. The zero-order valence-corrected chi connectivity index (χ0v) is 15.7. The lowest BCUT2D eigenvalue weighted by Crippen LogP contribution is -2.37. The van der Waals surface area contributed by atoms with Gasteiger partial charge in [0.1, 0.15) is 5.82 Å². The first-order valence-corrected chi connectivity index (χ1v) is 9.73. The van der Waals surface area contributed by atoms with E-state index in [2.05, 4.69) is 34.1 Å². The molecule has 0 saturated carbocycles. The SMILES string of the molecule is CSc1nc2c(c(=O)[nH]1)[C@@H](c1cccnc1)C1=C(CC(C)(C)CC1=O)N2. The molecule has 26 heavy (non-hydrogen) atoms. The predicted molar refractivity (Wildman–Crippen MR) is 101 cm³/mol. The van der Waals surface area contributed by atoms with Crippen molar-refractivity contribution in [1.29, 1.82) is 0 Å². The van der Waals surface area contributed by atoms with E-state index in [0.717, 1.165) is 17.7 Å². The number of carbonyl (C=O) groups excluding carboxylic acids is 1. The van der Waals surface area contributed by atoms with Crippen LogP contribution < -0.4 is 10.9 Å². The van der Waals surface area contributed by atoms with Gasteiger partial charge in [-0.3, -0.25) is 14.6 Å². The molecule has 2 aliphatic rings. The predicted octanol–water partition coefficient (Wildman–Crippen LogP) is 3.09. The molecular formula is C19H20N4O2S. The van der Waals surface area contributed by atoms with E-state index in [1.807, 2.05) is 18.4 Å². The van der Waals surface area contributed by atoms with Crippen molar-refractivity contribution in [2.45, 2.75) is 37.8 Å². The van der Waals surface area contributed by atoms with Crippen molar-refractivity contribution in [3.8, 4) is 0 Å². The fourth-order valence-electron chi connectivity index (χ4n) is 3.87. The molecule has 2 N–H and O–H groups in total. The molecule has 0 spiro atoms. The standard InChI is InChI=1S/C19H20N4O2S/c1-19(2)7-11-14(12(24)8-19)13(10-5-4-6-20-9-10)15-16(21-11)22-18(26-3)23-17(15)25/h4-6,9,13H,7-8H2,1-3H3,(H2,21,22,23,25)/t13-/m0/s1. The Morgan fingerprint density at radius 3 is 2.77 bits per heavy atom. The van der Waals surface area contributed by atoms with Gasteiger partial charge in [-0.2, -0.15) is 0 Å². The van der Waals surface area contributed by atoms with E-state index in [1.165, 1.54) is 11.8 Å². The molecule has 4 rings (SSSR count). The van der Waals surface area contributed by atoms with Crippen molar-refractivity contribution >= 4 is 23.4 Å². The third-order valence-corrected chi connectivity index (χ3v) is 5.49. The van der Waals surface area contributed by atoms with Crippen LogP contribution in [0.3, 0.4) is 0 Å². The second-order valence-corrected chi connectivity index (χ2v) is 8.31. The number of allylic oxidation sites excluding steroid dienone is 2. The average molecular weight is 368 g/mol. The minimum absolute atomic E-state index is 0.0802. The maximum absolute atomic E-state index is 13.0. The van der Waals surface area contributed by atoms with E-state index in [9.17, 15) is 9.59 Å². The Labute approximate surface area is 155 Å². The monoisotopic (exact) mass is 368 g/mol. The number of rotatable bonds is 2. The van der Waals surface area contributed by atoms with Crippen LogP contribution in [0.1, 0.15) is 43.7 Å². The zero-order valence-electron chi connectivity index (χ0n) is 14.9. The summed E-state index contributed by atoms with van der Waals surface area (Å²) in [5.74, 6) is 0.179. The van der Waals surface area contributed by atoms with Gasteiger partial charge in [-0.25, -0.2) is 4.98 Å². The molecule has 2 aromatic rings. The van der Waals surface area contributed by atoms with Crippen LogP contribution in [-0.4, -0.2) is 27.0 Å². The van der Waals surface area contributed by atoms with Crippen molar-refractivity contribution in [2.75, 3.05) is 11.6 Å². The van der Waals surface area contributed by atoms with E-state index >= 15 is 0 Å². The molecular weight excluding hydrogens is 348 g/mol. The number of carbonyl (C=O) groups is 1. The number of hydrogen-bond donors (Lipinski definition) is 2. The van der Waals surface area contributed by atoms with Crippen molar-refractivity contribution < 1.29 is 4.79 Å². The van der Waals surface area contributed by atoms with Gasteiger partial charge in [0.15, 0.2) is 10.9 Å². The highest BCUT2D eigenvalue weighted by Gasteiger charge is 2.42. The normalized spacial score (nSPS) is 21.0. The Bertz CT molecular complexity index is 979. The van der Waals surface area contributed by atoms with Crippen LogP contribution in [0.5, 0.6) is 0 Å². The van der Waals surface area contributed by atoms with Gasteiger partial charge in [0.2, 0.25) is 0 Å². The van der Waals surface area contributed by atoms with Crippen molar-refractivity contribution in [3.63, 3.8) is 0 Å². The van der Waals surface area contributed by atoms with Crippen LogP contribution in [0.25, 0.3) is 0 Å². The Balaban J connectivity index is 1.98. The van der Waals surface area contributed by atoms with E-state index in [1.54, 1.807) is 12.4 Å². The first-order valence-electron chi connectivity index (χ1n) is 8.51. The lowest BCUT2D eigenvalue weighted by Gasteiger charge is -2.38. The van der Waals surface area contributed by atoms with E-state index < -0.39 is 5.92 Å². The third kappa shape index (κ3) is 2.76. The van der Waals surface area contributed by atoms with Gasteiger partial charge in [0.05, 0.1) is 5.56 Å². The summed E-state index contributed by atoms with van der Waals surface area (Å²) in [5, 5.41) is 3.85. The Kier molecular flexibility index (Phi) is 3.99. The number of ketones is 1. The largest absolute Gasteiger partial charge is 0.343 e. The topological polar surface area (TPSA) is 87.7 Å². The molecule has 1 atom stereocenters. The van der Waals surface area contributed by atoms with Gasteiger partial charge in [-0.05, 0) is 29.7 Å². The van der Waals surface area contributed by atoms with Gasteiger partial charge >= 0.3 is 0 Å². The van der Waals surface area contributed by atoms with Crippen LogP contribution in [0.15, 0.2) is 45.7 Å². The first kappa shape index (κ1) is 17.0. The van der Waals surface area contributed by atoms with Crippen LogP contribution in [-0.2, 0) is 4.79 Å². The summed E-state index contributed by atoms with van der Waals surface area (Å²) in [6, 6.07) is 3.73. The molecule has 0 unspecified atom stereocenters. The number of hydrogen-bond acceptors (Lipinski definition) is 6. The van der Waals surface area contributed by atoms with Gasteiger partial charge in [0, 0.05) is 36.0 Å². The van der Waals surface area contributed by atoms with Crippen LogP contribution in [0.4, 0.5) is 5.82 Å². The third-order valence-electron chi connectivity index (χ3n) is 4.91. The summed E-state index contributed by atoms with van der Waals surface area (Å²) in [5.41, 5.74) is 2.53. The molecule has 0 radical (unpaired) electrons. The molecule has 2 aromatic heterocycles. The Morgan fingerprint density at radius 1 is 1.27 bits per heavy atom. The highest BCUT2D eigenvalue weighted by atomic mass is 32.2. The fraction of sp³-hybridized carbons (Fsp3) is 0.368. The summed E-state index contributed by atoms with van der Waals surface area (Å²) >= 11 is 1.38. The van der Waals surface area contributed by atoms with Crippen molar-refractivity contribution in [2.24, 2.45) is 5.41 Å². The second-order valence-electron chi connectivity index (χ2n) is 7.52. The summed E-state index contributed by atoms with van der Waals surface area (Å²) in [6.45, 7) is 4.17. The number of aromatic nitrogens is 3. The first-order chi connectivity index (χ1) is 12.4. The molecule has 0 fully saturated rings. The van der Waals surface area contributed by atoms with Crippen molar-refractivity contribution in [1.82, 2.24) is 15.0 Å². The number of nitrogens with zero attached hydrogens (tertiary/aromatic N) is 2. The molecule has 3 heterocycles. The van der Waals surface area contributed by atoms with E-state index in [0.29, 0.717) is 28.5 Å². The highest BCUT2D eigenvalue weighted by Crippen LogP contribution is 2.47. The van der Waals surface area contributed by atoms with Crippen molar-refractivity contribution in [3.05, 3.63) is 57.3 Å². The molecule has 6 nitrogen and oxygen atoms in total. The van der Waals surface area contributed by atoms with Gasteiger partial charge < -0.3 is 10.3 Å². The zero-order chi connectivity index (χ0) is 18.5. The lowest BCUT2D eigenvalue weighted by atomic mass is 9.69. The smallest absolute Gasteiger partial charge is 0.257 e. The maximum atomic E-state index is 13.0. The number of aromatic amines is 1. The van der Waals surface area contributed by atoms with Gasteiger partial charge in [-0.1, -0.05) is 31.7 Å². The number of nitrogens with one attached hydrogen (secondary N) is 2. The quantitative estimate of drug-likeness (QED) is 0.626. The number of anilines is 1. The summed E-state index contributed by atoms with van der Waals surface area (Å²) in [4.78, 5) is 37.4. The maximum Gasteiger partial charge on any atom is 0.257 e. The second kappa shape index (κ2) is 6.09. The minimum Gasteiger partial charge on any atom is -0.343 e. The highest BCUT2D eigenvalue weighted by molar-refractivity contribution is 7.98. The molecule has 7 heteroatoms. The van der Waals surface area contributed by atoms with Gasteiger partial charge in [0.25, 0.3) is 5.56 Å². The summed E-state index contributed by atoms with van der Waals surface area (Å²) < 4.78 is 0. The molecule has 134 valence electrons. The lowest BCUT2D eigenvalue weighted by molar-refractivity contribution is -0.118. The average Bonchev–Trinajstić information content (AvgIpc) is 2.59. The molecule has 0 amide bonds.